The van der Waals surface area contributed by atoms with E-state index in [0.29, 0.717) is 6.04 Å². The van der Waals surface area contributed by atoms with Crippen molar-refractivity contribution >= 4 is 16.5 Å². The van der Waals surface area contributed by atoms with Gasteiger partial charge in [0.15, 0.2) is 5.13 Å². The number of hydrogen-bond donors (Lipinski definition) is 1. The molecule has 0 unspecified atom stereocenters. The van der Waals surface area contributed by atoms with Gasteiger partial charge in [-0.25, -0.2) is 4.98 Å². The van der Waals surface area contributed by atoms with E-state index in [4.69, 9.17) is 4.98 Å². The second-order valence-corrected chi connectivity index (χ2v) is 8.10. The first-order chi connectivity index (χ1) is 9.81. The zero-order valence-corrected chi connectivity index (χ0v) is 15.7. The van der Waals surface area contributed by atoms with Crippen LogP contribution in [0.15, 0.2) is 0 Å². The number of anilines is 1. The fraction of sp³-hybridized carbons (Fsp3) is 0.824. The number of thiazole rings is 1. The maximum atomic E-state index is 5.00. The van der Waals surface area contributed by atoms with Crippen LogP contribution in [0.4, 0.5) is 5.13 Å². The minimum absolute atomic E-state index is 0.104. The van der Waals surface area contributed by atoms with Gasteiger partial charge in [-0.3, -0.25) is 0 Å². The molecule has 21 heavy (non-hydrogen) atoms. The van der Waals surface area contributed by atoms with Crippen molar-refractivity contribution in [2.45, 2.75) is 78.8 Å². The highest BCUT2D eigenvalue weighted by molar-refractivity contribution is 7.15. The number of hydrogen-bond acceptors (Lipinski definition) is 4. The summed E-state index contributed by atoms with van der Waals surface area (Å²) in [6.45, 7) is 15.6. The van der Waals surface area contributed by atoms with Crippen LogP contribution in [-0.4, -0.2) is 24.6 Å². The fourth-order valence-electron chi connectivity index (χ4n) is 2.44. The third-order valence-corrected chi connectivity index (χ3v) is 4.70. The summed E-state index contributed by atoms with van der Waals surface area (Å²) in [7, 11) is 2.01. The van der Waals surface area contributed by atoms with E-state index in [-0.39, 0.29) is 5.41 Å². The van der Waals surface area contributed by atoms with Crippen LogP contribution in [0.2, 0.25) is 0 Å². The minimum atomic E-state index is 0.104. The molecule has 122 valence electrons. The Hall–Kier alpha value is -0.610. The van der Waals surface area contributed by atoms with Gasteiger partial charge in [-0.1, -0.05) is 40.5 Å². The predicted octanol–water partition coefficient (Wildman–Crippen LogP) is 4.57. The Kier molecular flexibility index (Phi) is 7.14. The molecule has 1 heterocycles. The molecule has 0 aliphatic rings. The van der Waals surface area contributed by atoms with E-state index in [1.54, 1.807) is 0 Å². The summed E-state index contributed by atoms with van der Waals surface area (Å²) >= 11 is 1.86. The van der Waals surface area contributed by atoms with E-state index >= 15 is 0 Å². The molecule has 0 radical (unpaired) electrons. The quantitative estimate of drug-likeness (QED) is 0.713. The third kappa shape index (κ3) is 5.26. The van der Waals surface area contributed by atoms with Gasteiger partial charge in [-0.2, -0.15) is 0 Å². The van der Waals surface area contributed by atoms with Crippen LogP contribution in [-0.2, 0) is 12.0 Å². The molecule has 0 fully saturated rings. The molecule has 0 aliphatic carbocycles. The van der Waals surface area contributed by atoms with Gasteiger partial charge in [0.05, 0.1) is 5.69 Å². The second-order valence-electron chi connectivity index (χ2n) is 7.04. The third-order valence-electron chi connectivity index (χ3n) is 3.61. The number of nitrogens with one attached hydrogen (secondary N) is 1. The molecule has 1 aromatic heterocycles. The maximum Gasteiger partial charge on any atom is 0.186 e. The van der Waals surface area contributed by atoms with Crippen LogP contribution in [0.3, 0.4) is 0 Å². The van der Waals surface area contributed by atoms with E-state index in [1.807, 2.05) is 18.4 Å². The molecule has 0 saturated carbocycles. The van der Waals surface area contributed by atoms with Crippen LogP contribution >= 0.6 is 11.3 Å². The Balaban J connectivity index is 3.03. The summed E-state index contributed by atoms with van der Waals surface area (Å²) in [5.41, 5.74) is 1.35. The first-order valence-corrected chi connectivity index (χ1v) is 9.04. The van der Waals surface area contributed by atoms with Gasteiger partial charge < -0.3 is 10.2 Å². The van der Waals surface area contributed by atoms with Gasteiger partial charge in [0.1, 0.15) is 0 Å². The van der Waals surface area contributed by atoms with Crippen molar-refractivity contribution in [1.82, 2.24) is 10.3 Å². The van der Waals surface area contributed by atoms with Gasteiger partial charge in [-0.05, 0) is 27.3 Å². The van der Waals surface area contributed by atoms with Crippen molar-refractivity contribution in [3.05, 3.63) is 10.6 Å². The SMILES string of the molecule is CCCCCN(c1nc(C(C)(C)C)c(CNC)s1)C(C)C. The Morgan fingerprint density at radius 2 is 1.90 bits per heavy atom. The number of nitrogens with zero attached hydrogens (tertiary/aromatic N) is 2. The summed E-state index contributed by atoms with van der Waals surface area (Å²) in [5, 5.41) is 4.47. The largest absolute Gasteiger partial charge is 0.346 e. The molecule has 3 nitrogen and oxygen atoms in total. The van der Waals surface area contributed by atoms with Crippen molar-refractivity contribution in [3.63, 3.8) is 0 Å². The highest BCUT2D eigenvalue weighted by atomic mass is 32.1. The smallest absolute Gasteiger partial charge is 0.186 e. The Bertz CT molecular complexity index is 418. The van der Waals surface area contributed by atoms with Crippen molar-refractivity contribution < 1.29 is 0 Å². The average molecular weight is 312 g/mol. The summed E-state index contributed by atoms with van der Waals surface area (Å²) < 4.78 is 0. The predicted molar refractivity (Wildman–Crippen MR) is 95.6 cm³/mol. The van der Waals surface area contributed by atoms with Gasteiger partial charge in [0.2, 0.25) is 0 Å². The number of unbranched alkanes of at least 4 members (excludes halogenated alkanes) is 2. The Labute approximate surface area is 135 Å². The van der Waals surface area contributed by atoms with E-state index in [9.17, 15) is 0 Å². The molecular formula is C17H33N3S. The van der Waals surface area contributed by atoms with Crippen LogP contribution in [0.5, 0.6) is 0 Å². The highest BCUT2D eigenvalue weighted by Gasteiger charge is 2.25. The van der Waals surface area contributed by atoms with Crippen LogP contribution in [0.25, 0.3) is 0 Å². The molecule has 1 rings (SSSR count). The number of aromatic nitrogens is 1. The molecule has 0 bridgehead atoms. The van der Waals surface area contributed by atoms with E-state index in [2.05, 4.69) is 51.8 Å². The summed E-state index contributed by atoms with van der Waals surface area (Å²) in [4.78, 5) is 8.85. The monoisotopic (exact) mass is 311 g/mol. The first-order valence-electron chi connectivity index (χ1n) is 8.22. The Morgan fingerprint density at radius 1 is 1.24 bits per heavy atom. The molecular weight excluding hydrogens is 278 g/mol. The molecule has 0 saturated heterocycles. The lowest BCUT2D eigenvalue weighted by atomic mass is 9.91. The maximum absolute atomic E-state index is 5.00. The van der Waals surface area contributed by atoms with Crippen LogP contribution in [0, 0.1) is 0 Å². The standard InChI is InChI=1S/C17H33N3S/c1-8-9-10-11-20(13(2)3)16-19-15(17(4,5)6)14(21-16)12-18-7/h13,18H,8-12H2,1-7H3. The lowest BCUT2D eigenvalue weighted by Gasteiger charge is -2.26. The molecule has 0 spiro atoms. The van der Waals surface area contributed by atoms with Crippen LogP contribution in [0.1, 0.15) is 71.4 Å². The molecule has 1 N–H and O–H groups in total. The first kappa shape index (κ1) is 18.4. The minimum Gasteiger partial charge on any atom is -0.346 e. The highest BCUT2D eigenvalue weighted by Crippen LogP contribution is 2.34. The Morgan fingerprint density at radius 3 is 2.38 bits per heavy atom. The average Bonchev–Trinajstić information content (AvgIpc) is 2.78. The fourth-order valence-corrected chi connectivity index (χ4v) is 3.88. The summed E-state index contributed by atoms with van der Waals surface area (Å²) in [6, 6.07) is 0.503. The van der Waals surface area contributed by atoms with E-state index in [0.717, 1.165) is 13.1 Å². The number of rotatable bonds is 8. The van der Waals surface area contributed by atoms with Crippen molar-refractivity contribution in [2.24, 2.45) is 0 Å². The normalized spacial score (nSPS) is 12.2. The van der Waals surface area contributed by atoms with Crippen LogP contribution < -0.4 is 10.2 Å². The molecule has 4 heteroatoms. The molecule has 0 aromatic carbocycles. The van der Waals surface area contributed by atoms with Crippen molar-refractivity contribution in [3.8, 4) is 0 Å². The second kappa shape index (κ2) is 8.14. The van der Waals surface area contributed by atoms with Gasteiger partial charge in [0.25, 0.3) is 0 Å². The zero-order valence-electron chi connectivity index (χ0n) is 14.9. The van der Waals surface area contributed by atoms with E-state index < -0.39 is 0 Å². The van der Waals surface area contributed by atoms with Crippen molar-refractivity contribution in [1.29, 1.82) is 0 Å². The molecule has 0 amide bonds. The van der Waals surface area contributed by atoms with E-state index in [1.165, 1.54) is 35.0 Å². The molecule has 0 atom stereocenters. The van der Waals surface area contributed by atoms with Crippen molar-refractivity contribution in [2.75, 3.05) is 18.5 Å². The zero-order chi connectivity index (χ0) is 16.0. The van der Waals surface area contributed by atoms with Gasteiger partial charge in [0, 0.05) is 29.4 Å². The summed E-state index contributed by atoms with van der Waals surface area (Å²) in [6.07, 6.45) is 3.81. The summed E-state index contributed by atoms with van der Waals surface area (Å²) in [5.74, 6) is 0. The molecule has 1 aromatic rings. The van der Waals surface area contributed by atoms with Gasteiger partial charge >= 0.3 is 0 Å². The molecule has 0 aliphatic heterocycles. The topological polar surface area (TPSA) is 28.2 Å². The lowest BCUT2D eigenvalue weighted by molar-refractivity contribution is 0.559. The van der Waals surface area contributed by atoms with Gasteiger partial charge in [-0.15, -0.1) is 11.3 Å². The lowest BCUT2D eigenvalue weighted by Crippen LogP contribution is -2.31.